The van der Waals surface area contributed by atoms with Crippen molar-refractivity contribution in [1.82, 2.24) is 10.6 Å². The number of imide groups is 1. The summed E-state index contributed by atoms with van der Waals surface area (Å²) in [7, 11) is 0. The van der Waals surface area contributed by atoms with E-state index >= 15 is 0 Å². The number of benzene rings is 2. The fraction of sp³-hybridized carbons (Fsp3) is 0.143. The molecule has 0 saturated heterocycles. The van der Waals surface area contributed by atoms with E-state index in [1.54, 1.807) is 11.3 Å². The molecule has 0 unspecified atom stereocenters. The van der Waals surface area contributed by atoms with Gasteiger partial charge < -0.3 is 5.73 Å². The molecule has 0 radical (unpaired) electrons. The van der Waals surface area contributed by atoms with E-state index in [4.69, 9.17) is 5.73 Å². The molecule has 1 heterocycles. The molecular formula is C21H21N3O2S. The number of aryl methyl sites for hydroxylation is 1. The standard InChI is InChI=1S/C21H21N3O2S/c1-14-9-11-16(12-10-14)18(17-8-5-13-27-17)23-19(20(25)24-21(22)26)15-6-3-2-4-7-15/h2-13,18-19,23H,1H3,(H3,22,24,25,26)/t18-,19-/m1/s1. The van der Waals surface area contributed by atoms with Gasteiger partial charge >= 0.3 is 6.03 Å². The molecule has 3 amide bonds. The van der Waals surface area contributed by atoms with Crippen LogP contribution in [0.4, 0.5) is 4.79 Å². The van der Waals surface area contributed by atoms with Crippen LogP contribution in [0.1, 0.15) is 33.7 Å². The number of hydrogen-bond donors (Lipinski definition) is 3. The minimum absolute atomic E-state index is 0.200. The van der Waals surface area contributed by atoms with E-state index < -0.39 is 18.0 Å². The molecule has 3 rings (SSSR count). The molecule has 2 atom stereocenters. The number of hydrogen-bond acceptors (Lipinski definition) is 4. The summed E-state index contributed by atoms with van der Waals surface area (Å²) in [5.41, 5.74) is 8.12. The lowest BCUT2D eigenvalue weighted by Crippen LogP contribution is -2.44. The third-order valence-electron chi connectivity index (χ3n) is 4.21. The van der Waals surface area contributed by atoms with Crippen LogP contribution in [0.3, 0.4) is 0 Å². The lowest BCUT2D eigenvalue weighted by Gasteiger charge is -2.25. The fourth-order valence-corrected chi connectivity index (χ4v) is 3.70. The second-order valence-electron chi connectivity index (χ2n) is 6.22. The third kappa shape index (κ3) is 4.81. The maximum absolute atomic E-state index is 12.7. The van der Waals surface area contributed by atoms with Gasteiger partial charge in [0.05, 0.1) is 6.04 Å². The lowest BCUT2D eigenvalue weighted by atomic mass is 9.99. The summed E-state index contributed by atoms with van der Waals surface area (Å²) in [5, 5.41) is 7.60. The van der Waals surface area contributed by atoms with E-state index in [2.05, 4.69) is 10.6 Å². The van der Waals surface area contributed by atoms with Gasteiger partial charge in [-0.15, -0.1) is 11.3 Å². The zero-order valence-corrected chi connectivity index (χ0v) is 15.7. The molecule has 1 aromatic heterocycles. The number of thiophene rings is 1. The van der Waals surface area contributed by atoms with Crippen LogP contribution in [0.25, 0.3) is 0 Å². The molecule has 0 aliphatic rings. The molecule has 0 bridgehead atoms. The van der Waals surface area contributed by atoms with Crippen molar-refractivity contribution in [2.45, 2.75) is 19.0 Å². The van der Waals surface area contributed by atoms with E-state index in [0.717, 1.165) is 21.6 Å². The van der Waals surface area contributed by atoms with Gasteiger partial charge in [0.25, 0.3) is 0 Å². The summed E-state index contributed by atoms with van der Waals surface area (Å²) in [6.07, 6.45) is 0. The van der Waals surface area contributed by atoms with E-state index in [9.17, 15) is 9.59 Å². The zero-order chi connectivity index (χ0) is 19.2. The van der Waals surface area contributed by atoms with E-state index in [-0.39, 0.29) is 6.04 Å². The van der Waals surface area contributed by atoms with E-state index in [1.165, 1.54) is 0 Å². The molecule has 0 aliphatic heterocycles. The fourth-order valence-electron chi connectivity index (χ4n) is 2.89. The molecule has 5 nitrogen and oxygen atoms in total. The Morgan fingerprint density at radius 1 is 0.926 bits per heavy atom. The van der Waals surface area contributed by atoms with Gasteiger partial charge in [-0.05, 0) is 29.5 Å². The van der Waals surface area contributed by atoms with E-state index in [0.29, 0.717) is 0 Å². The number of primary amides is 1. The Balaban J connectivity index is 1.98. The van der Waals surface area contributed by atoms with Crippen molar-refractivity contribution in [2.24, 2.45) is 5.73 Å². The Morgan fingerprint density at radius 2 is 1.63 bits per heavy atom. The Kier molecular flexibility index (Phi) is 6.01. The van der Waals surface area contributed by atoms with Crippen LogP contribution in [0.2, 0.25) is 0 Å². The number of carbonyl (C=O) groups excluding carboxylic acids is 2. The van der Waals surface area contributed by atoms with Crippen LogP contribution >= 0.6 is 11.3 Å². The highest BCUT2D eigenvalue weighted by atomic mass is 32.1. The van der Waals surface area contributed by atoms with Crippen molar-refractivity contribution in [3.05, 3.63) is 93.7 Å². The zero-order valence-electron chi connectivity index (χ0n) is 14.9. The molecule has 0 saturated carbocycles. The Morgan fingerprint density at radius 3 is 2.22 bits per heavy atom. The highest BCUT2D eigenvalue weighted by Gasteiger charge is 2.27. The van der Waals surface area contributed by atoms with Crippen LogP contribution in [0.15, 0.2) is 72.1 Å². The highest BCUT2D eigenvalue weighted by molar-refractivity contribution is 7.10. The first-order valence-corrected chi connectivity index (χ1v) is 9.44. The van der Waals surface area contributed by atoms with Gasteiger partial charge in [-0.25, -0.2) is 4.79 Å². The van der Waals surface area contributed by atoms with Gasteiger partial charge in [0.2, 0.25) is 5.91 Å². The summed E-state index contributed by atoms with van der Waals surface area (Å²) in [6.45, 7) is 2.03. The molecule has 138 valence electrons. The Bertz CT molecular complexity index is 893. The molecular weight excluding hydrogens is 358 g/mol. The maximum atomic E-state index is 12.7. The number of nitrogens with one attached hydrogen (secondary N) is 2. The number of carbonyl (C=O) groups is 2. The van der Waals surface area contributed by atoms with Crippen molar-refractivity contribution in [3.63, 3.8) is 0 Å². The van der Waals surface area contributed by atoms with Gasteiger partial charge in [-0.1, -0.05) is 66.2 Å². The number of nitrogens with two attached hydrogens (primary N) is 1. The largest absolute Gasteiger partial charge is 0.351 e. The van der Waals surface area contributed by atoms with Crippen molar-refractivity contribution in [2.75, 3.05) is 0 Å². The second kappa shape index (κ2) is 8.62. The normalized spacial score (nSPS) is 12.9. The molecule has 0 spiro atoms. The van der Waals surface area contributed by atoms with Gasteiger partial charge in [0.1, 0.15) is 6.04 Å². The minimum Gasteiger partial charge on any atom is -0.351 e. The van der Waals surface area contributed by atoms with Crippen molar-refractivity contribution >= 4 is 23.3 Å². The second-order valence-corrected chi connectivity index (χ2v) is 7.20. The SMILES string of the molecule is Cc1ccc([C@@H](N[C@@H](C(=O)NC(N)=O)c2ccccc2)c2cccs2)cc1. The van der Waals surface area contributed by atoms with Gasteiger partial charge in [-0.3, -0.25) is 15.4 Å². The number of urea groups is 1. The first-order valence-electron chi connectivity index (χ1n) is 8.56. The first-order chi connectivity index (χ1) is 13.0. The monoisotopic (exact) mass is 379 g/mol. The Labute approximate surface area is 162 Å². The van der Waals surface area contributed by atoms with E-state index in [1.807, 2.05) is 79.0 Å². The molecule has 0 aliphatic carbocycles. The van der Waals surface area contributed by atoms with Crippen LogP contribution in [-0.4, -0.2) is 11.9 Å². The smallest absolute Gasteiger partial charge is 0.318 e. The number of amides is 3. The summed E-state index contributed by atoms with van der Waals surface area (Å²) >= 11 is 1.61. The van der Waals surface area contributed by atoms with Gasteiger partial charge in [-0.2, -0.15) is 0 Å². The maximum Gasteiger partial charge on any atom is 0.318 e. The lowest BCUT2D eigenvalue weighted by molar-refractivity contribution is -0.122. The van der Waals surface area contributed by atoms with Crippen molar-refractivity contribution < 1.29 is 9.59 Å². The molecule has 3 aromatic rings. The topological polar surface area (TPSA) is 84.2 Å². The molecule has 4 N–H and O–H groups in total. The summed E-state index contributed by atoms with van der Waals surface area (Å²) in [6, 6.07) is 19.6. The average molecular weight is 379 g/mol. The van der Waals surface area contributed by atoms with Crippen LogP contribution in [0.5, 0.6) is 0 Å². The summed E-state index contributed by atoms with van der Waals surface area (Å²) in [5.74, 6) is -0.484. The van der Waals surface area contributed by atoms with Crippen LogP contribution in [0, 0.1) is 6.92 Å². The highest BCUT2D eigenvalue weighted by Crippen LogP contribution is 2.29. The first kappa shape index (κ1) is 18.8. The number of rotatable bonds is 6. The summed E-state index contributed by atoms with van der Waals surface area (Å²) < 4.78 is 0. The van der Waals surface area contributed by atoms with Gasteiger partial charge in [0.15, 0.2) is 0 Å². The Hall–Kier alpha value is -2.96. The van der Waals surface area contributed by atoms with Gasteiger partial charge in [0, 0.05) is 4.88 Å². The molecule has 0 fully saturated rings. The summed E-state index contributed by atoms with van der Waals surface area (Å²) in [4.78, 5) is 25.0. The molecule has 27 heavy (non-hydrogen) atoms. The van der Waals surface area contributed by atoms with Crippen LogP contribution < -0.4 is 16.4 Å². The average Bonchev–Trinajstić information content (AvgIpc) is 3.18. The molecule has 2 aromatic carbocycles. The van der Waals surface area contributed by atoms with Crippen molar-refractivity contribution in [1.29, 1.82) is 0 Å². The van der Waals surface area contributed by atoms with Crippen LogP contribution in [-0.2, 0) is 4.79 Å². The minimum atomic E-state index is -0.870. The quantitative estimate of drug-likeness (QED) is 0.611. The molecule has 6 heteroatoms. The predicted molar refractivity (Wildman–Crippen MR) is 107 cm³/mol. The van der Waals surface area contributed by atoms with Crippen molar-refractivity contribution in [3.8, 4) is 0 Å². The third-order valence-corrected chi connectivity index (χ3v) is 5.15. The predicted octanol–water partition coefficient (Wildman–Crippen LogP) is 3.67.